The van der Waals surface area contributed by atoms with E-state index in [2.05, 4.69) is 10.3 Å². The van der Waals surface area contributed by atoms with Crippen LogP contribution in [0.3, 0.4) is 0 Å². The number of halogens is 1. The molecule has 4 nitrogen and oxygen atoms in total. The van der Waals surface area contributed by atoms with Gasteiger partial charge in [0.1, 0.15) is 5.15 Å². The van der Waals surface area contributed by atoms with Crippen LogP contribution < -0.4 is 5.32 Å². The summed E-state index contributed by atoms with van der Waals surface area (Å²) in [6, 6.07) is 7.31. The van der Waals surface area contributed by atoms with E-state index in [1.54, 1.807) is 6.92 Å². The number of pyridine rings is 1. The molecule has 1 amide bonds. The summed E-state index contributed by atoms with van der Waals surface area (Å²) in [5.41, 5.74) is 2.56. The van der Waals surface area contributed by atoms with Crippen molar-refractivity contribution in [2.75, 3.05) is 0 Å². The van der Waals surface area contributed by atoms with Crippen molar-refractivity contribution in [3.8, 4) is 0 Å². The Balaban J connectivity index is 2.53. The van der Waals surface area contributed by atoms with Crippen LogP contribution in [0.2, 0.25) is 5.15 Å². The van der Waals surface area contributed by atoms with Crippen LogP contribution in [-0.4, -0.2) is 16.2 Å². The molecule has 0 spiro atoms. The van der Waals surface area contributed by atoms with E-state index in [0.717, 1.165) is 16.5 Å². The van der Waals surface area contributed by atoms with Crippen LogP contribution in [0.5, 0.6) is 0 Å². The number of hydrogen-bond donors (Lipinski definition) is 2. The first kappa shape index (κ1) is 12.6. The number of nitrogens with zero attached hydrogens (tertiary/aromatic N) is 1. The Kier molecular flexibility index (Phi) is 3.39. The molecule has 18 heavy (non-hydrogen) atoms. The lowest BCUT2D eigenvalue weighted by Gasteiger charge is -2.14. The number of para-hydroxylation sites is 1. The largest absolute Gasteiger partial charge is 0.465 e. The van der Waals surface area contributed by atoms with Gasteiger partial charge in [-0.05, 0) is 25.5 Å². The van der Waals surface area contributed by atoms with Crippen molar-refractivity contribution in [2.24, 2.45) is 0 Å². The van der Waals surface area contributed by atoms with Crippen molar-refractivity contribution < 1.29 is 9.90 Å². The molecule has 0 aliphatic heterocycles. The fourth-order valence-electron chi connectivity index (χ4n) is 1.91. The summed E-state index contributed by atoms with van der Waals surface area (Å²) in [6.07, 6.45) is -1.08. The maximum Gasteiger partial charge on any atom is 0.405 e. The van der Waals surface area contributed by atoms with Crippen LogP contribution in [-0.2, 0) is 0 Å². The average Bonchev–Trinajstić information content (AvgIpc) is 2.28. The normalized spacial score (nSPS) is 12.4. The van der Waals surface area contributed by atoms with Gasteiger partial charge in [0.25, 0.3) is 0 Å². The van der Waals surface area contributed by atoms with E-state index >= 15 is 0 Å². The molecule has 1 unspecified atom stereocenters. The van der Waals surface area contributed by atoms with Gasteiger partial charge < -0.3 is 10.4 Å². The van der Waals surface area contributed by atoms with Gasteiger partial charge in [-0.15, -0.1) is 0 Å². The second-order valence-electron chi connectivity index (χ2n) is 4.19. The zero-order chi connectivity index (χ0) is 13.3. The molecule has 0 aliphatic rings. The molecule has 2 rings (SSSR count). The van der Waals surface area contributed by atoms with Gasteiger partial charge in [-0.1, -0.05) is 29.8 Å². The zero-order valence-electron chi connectivity index (χ0n) is 10.1. The lowest BCUT2D eigenvalue weighted by molar-refractivity contribution is 0.191. The monoisotopic (exact) mass is 264 g/mol. The van der Waals surface area contributed by atoms with Crippen LogP contribution >= 0.6 is 11.6 Å². The van der Waals surface area contributed by atoms with Gasteiger partial charge in [0.2, 0.25) is 0 Å². The number of fused-ring (bicyclic) bond motifs is 1. The van der Waals surface area contributed by atoms with Gasteiger partial charge in [-0.2, -0.15) is 0 Å². The van der Waals surface area contributed by atoms with Gasteiger partial charge in [0.15, 0.2) is 0 Å². The highest BCUT2D eigenvalue weighted by Crippen LogP contribution is 2.27. The van der Waals surface area contributed by atoms with E-state index in [4.69, 9.17) is 16.7 Å². The molecule has 5 heteroatoms. The molecule has 1 atom stereocenters. The standard InChI is InChI=1S/C13H13ClN2O2/c1-7-4-3-5-9-6-10(8(2)15-13(17)18)12(14)16-11(7)9/h3-6,8,15H,1-2H3,(H,17,18). The fourth-order valence-corrected chi connectivity index (χ4v) is 2.21. The molecule has 1 heterocycles. The van der Waals surface area contributed by atoms with Crippen molar-refractivity contribution in [3.05, 3.63) is 40.5 Å². The minimum absolute atomic E-state index is 0.332. The van der Waals surface area contributed by atoms with Gasteiger partial charge in [-0.25, -0.2) is 9.78 Å². The molecular weight excluding hydrogens is 252 g/mol. The quantitative estimate of drug-likeness (QED) is 0.816. The first-order valence-corrected chi connectivity index (χ1v) is 5.92. The molecule has 2 aromatic rings. The number of carboxylic acid groups (broad SMARTS) is 1. The predicted octanol–water partition coefficient (Wildman–Crippen LogP) is 3.53. The number of aromatic nitrogens is 1. The lowest BCUT2D eigenvalue weighted by atomic mass is 10.1. The summed E-state index contributed by atoms with van der Waals surface area (Å²) in [5.74, 6) is 0. The highest BCUT2D eigenvalue weighted by atomic mass is 35.5. The molecule has 1 aromatic heterocycles. The van der Waals surface area contributed by atoms with Crippen molar-refractivity contribution in [1.82, 2.24) is 10.3 Å². The van der Waals surface area contributed by atoms with Gasteiger partial charge >= 0.3 is 6.09 Å². The van der Waals surface area contributed by atoms with Crippen molar-refractivity contribution >= 4 is 28.6 Å². The Morgan fingerprint density at radius 2 is 2.22 bits per heavy atom. The number of amides is 1. The topological polar surface area (TPSA) is 62.2 Å². The molecule has 2 N–H and O–H groups in total. The first-order chi connectivity index (χ1) is 8.49. The fraction of sp³-hybridized carbons (Fsp3) is 0.231. The second-order valence-corrected chi connectivity index (χ2v) is 4.54. The number of rotatable bonds is 2. The van der Waals surface area contributed by atoms with E-state index in [1.807, 2.05) is 31.2 Å². The second kappa shape index (κ2) is 4.82. The maximum absolute atomic E-state index is 10.6. The van der Waals surface area contributed by atoms with E-state index in [-0.39, 0.29) is 0 Å². The first-order valence-electron chi connectivity index (χ1n) is 5.54. The third-order valence-electron chi connectivity index (χ3n) is 2.83. The van der Waals surface area contributed by atoms with Crippen LogP contribution in [0.4, 0.5) is 4.79 Å². The number of benzene rings is 1. The number of nitrogens with one attached hydrogen (secondary N) is 1. The number of carbonyl (C=O) groups is 1. The molecule has 0 radical (unpaired) electrons. The van der Waals surface area contributed by atoms with Crippen LogP contribution in [0, 0.1) is 6.92 Å². The van der Waals surface area contributed by atoms with Crippen molar-refractivity contribution in [3.63, 3.8) is 0 Å². The summed E-state index contributed by atoms with van der Waals surface area (Å²) in [4.78, 5) is 15.0. The van der Waals surface area contributed by atoms with Crippen LogP contribution in [0.25, 0.3) is 10.9 Å². The van der Waals surface area contributed by atoms with E-state index < -0.39 is 12.1 Å². The molecule has 0 bridgehead atoms. The number of hydrogen-bond acceptors (Lipinski definition) is 2. The Hall–Kier alpha value is -1.81. The summed E-state index contributed by atoms with van der Waals surface area (Å²) in [5, 5.41) is 12.4. The molecular formula is C13H13ClN2O2. The third kappa shape index (κ3) is 2.38. The van der Waals surface area contributed by atoms with E-state index in [9.17, 15) is 4.79 Å². The summed E-state index contributed by atoms with van der Waals surface area (Å²) < 4.78 is 0. The van der Waals surface area contributed by atoms with Crippen molar-refractivity contribution in [2.45, 2.75) is 19.9 Å². The molecule has 0 saturated carbocycles. The maximum atomic E-state index is 10.6. The average molecular weight is 265 g/mol. The van der Waals surface area contributed by atoms with Gasteiger partial charge in [0.05, 0.1) is 11.6 Å². The molecule has 0 aliphatic carbocycles. The number of aryl methyl sites for hydroxylation is 1. The molecule has 1 aromatic carbocycles. The summed E-state index contributed by atoms with van der Waals surface area (Å²) >= 11 is 6.11. The minimum Gasteiger partial charge on any atom is -0.465 e. The Morgan fingerprint density at radius 1 is 1.50 bits per heavy atom. The SMILES string of the molecule is Cc1cccc2cc(C(C)NC(=O)O)c(Cl)nc12. The Bertz CT molecular complexity index is 613. The predicted molar refractivity (Wildman–Crippen MR) is 71.1 cm³/mol. The third-order valence-corrected chi connectivity index (χ3v) is 3.14. The summed E-state index contributed by atoms with van der Waals surface area (Å²) in [6.45, 7) is 3.70. The molecule has 0 saturated heterocycles. The zero-order valence-corrected chi connectivity index (χ0v) is 10.8. The highest BCUT2D eigenvalue weighted by Gasteiger charge is 2.14. The lowest BCUT2D eigenvalue weighted by Crippen LogP contribution is -2.24. The smallest absolute Gasteiger partial charge is 0.405 e. The summed E-state index contributed by atoms with van der Waals surface area (Å²) in [7, 11) is 0. The van der Waals surface area contributed by atoms with E-state index in [0.29, 0.717) is 10.7 Å². The van der Waals surface area contributed by atoms with Gasteiger partial charge in [0, 0.05) is 10.9 Å². The highest BCUT2D eigenvalue weighted by molar-refractivity contribution is 6.30. The van der Waals surface area contributed by atoms with Crippen molar-refractivity contribution in [1.29, 1.82) is 0 Å². The van der Waals surface area contributed by atoms with Gasteiger partial charge in [-0.3, -0.25) is 0 Å². The van der Waals surface area contributed by atoms with Crippen LogP contribution in [0.1, 0.15) is 24.1 Å². The Labute approximate surface area is 110 Å². The van der Waals surface area contributed by atoms with Crippen LogP contribution in [0.15, 0.2) is 24.3 Å². The van der Waals surface area contributed by atoms with E-state index in [1.165, 1.54) is 0 Å². The minimum atomic E-state index is -1.08. The Morgan fingerprint density at radius 3 is 2.89 bits per heavy atom. The molecule has 0 fully saturated rings. The molecule has 94 valence electrons.